The maximum absolute atomic E-state index is 13.0. The molecule has 0 bridgehead atoms. The second-order valence-corrected chi connectivity index (χ2v) is 9.03. The zero-order valence-electron chi connectivity index (χ0n) is 21.0. The number of aliphatic imine (C=N–C) groups is 1. The minimum Gasteiger partial charge on any atom is -0.506 e. The molecule has 0 radical (unpaired) electrons. The van der Waals surface area contributed by atoms with Gasteiger partial charge in [0.25, 0.3) is 11.8 Å². The molecule has 1 saturated heterocycles. The van der Waals surface area contributed by atoms with Crippen LogP contribution in [0, 0.1) is 5.92 Å². The summed E-state index contributed by atoms with van der Waals surface area (Å²) in [6.45, 7) is 5.41. The van der Waals surface area contributed by atoms with Crippen molar-refractivity contribution >= 4 is 42.3 Å². The van der Waals surface area contributed by atoms with Crippen molar-refractivity contribution in [2.75, 3.05) is 25.0 Å². The van der Waals surface area contributed by atoms with Crippen LogP contribution in [-0.2, 0) is 4.79 Å². The Morgan fingerprint density at radius 3 is 2.58 bits per heavy atom. The molecule has 1 unspecified atom stereocenters. The zero-order valence-corrected chi connectivity index (χ0v) is 21.9. The van der Waals surface area contributed by atoms with Gasteiger partial charge in [-0.15, -0.1) is 19.2 Å². The number of anilines is 1. The molecule has 1 heterocycles. The monoisotopic (exact) mass is 536 g/mol. The number of phenols is 1. The van der Waals surface area contributed by atoms with E-state index in [0.717, 1.165) is 19.3 Å². The van der Waals surface area contributed by atoms with Gasteiger partial charge in [0.2, 0.25) is 5.91 Å². The van der Waals surface area contributed by atoms with E-state index >= 15 is 0 Å². The smallest absolute Gasteiger partial charge is 0.274 e. The topological polar surface area (TPSA) is 134 Å². The van der Waals surface area contributed by atoms with Crippen LogP contribution in [0.4, 0.5) is 5.69 Å². The van der Waals surface area contributed by atoms with Crippen molar-refractivity contribution in [3.05, 3.63) is 77.4 Å². The van der Waals surface area contributed by atoms with E-state index in [1.165, 1.54) is 23.6 Å². The fourth-order valence-electron chi connectivity index (χ4n) is 3.92. The van der Waals surface area contributed by atoms with Crippen LogP contribution in [0.3, 0.4) is 0 Å². The molecule has 200 valence electrons. The summed E-state index contributed by atoms with van der Waals surface area (Å²) < 4.78 is 5.61. The number of aromatic hydroxyl groups is 1. The summed E-state index contributed by atoms with van der Waals surface area (Å²) in [5.74, 6) is -0.757. The maximum Gasteiger partial charge on any atom is 0.274 e. The second-order valence-electron chi connectivity index (χ2n) is 8.78. The lowest BCUT2D eigenvalue weighted by molar-refractivity contribution is -0.112. The van der Waals surface area contributed by atoms with Crippen molar-refractivity contribution in [3.8, 4) is 11.5 Å². The van der Waals surface area contributed by atoms with Gasteiger partial charge >= 0.3 is 0 Å². The van der Waals surface area contributed by atoms with Crippen LogP contribution in [0.5, 0.6) is 11.5 Å². The van der Waals surface area contributed by atoms with Crippen molar-refractivity contribution in [1.29, 1.82) is 0 Å². The fourth-order valence-corrected chi connectivity index (χ4v) is 4.11. The molecule has 2 aromatic rings. The summed E-state index contributed by atoms with van der Waals surface area (Å²) >= 11 is 4.09. The van der Waals surface area contributed by atoms with Crippen molar-refractivity contribution in [1.82, 2.24) is 4.90 Å². The Labute approximate surface area is 227 Å². The van der Waals surface area contributed by atoms with E-state index in [-0.39, 0.29) is 34.5 Å². The number of benzene rings is 2. The summed E-state index contributed by atoms with van der Waals surface area (Å²) in [7, 11) is 0. The molecule has 1 aliphatic heterocycles. The van der Waals surface area contributed by atoms with E-state index in [2.05, 4.69) is 29.5 Å². The van der Waals surface area contributed by atoms with Crippen LogP contribution in [0.25, 0.3) is 0 Å². The average Bonchev–Trinajstić information content (AvgIpc) is 3.16. The number of primary amides is 1. The number of nitrogens with two attached hydrogens (primary N) is 1. The summed E-state index contributed by atoms with van der Waals surface area (Å²) in [6.07, 6.45) is 6.55. The third-order valence-electron chi connectivity index (χ3n) is 6.06. The van der Waals surface area contributed by atoms with Crippen LogP contribution in [0.2, 0.25) is 0 Å². The third kappa shape index (κ3) is 7.97. The van der Waals surface area contributed by atoms with Gasteiger partial charge in [-0.1, -0.05) is 6.08 Å². The fraction of sp³-hybridized carbons (Fsp3) is 0.286. The Morgan fingerprint density at radius 1 is 1.16 bits per heavy atom. The number of likely N-dealkylation sites (tertiary alicyclic amines) is 1. The number of carbonyl (C=O) groups excluding carboxylic acids is 3. The minimum atomic E-state index is -0.686. The highest BCUT2D eigenvalue weighted by atomic mass is 32.1. The largest absolute Gasteiger partial charge is 0.506 e. The number of ether oxygens (including phenoxy) is 1. The summed E-state index contributed by atoms with van der Waals surface area (Å²) in [5.41, 5.74) is 6.08. The molecule has 3 rings (SSSR count). The Bertz CT molecular complexity index is 1230. The maximum atomic E-state index is 13.0. The van der Waals surface area contributed by atoms with E-state index < -0.39 is 11.8 Å². The molecule has 1 atom stereocenters. The van der Waals surface area contributed by atoms with Crippen LogP contribution in [0.15, 0.2) is 71.2 Å². The molecule has 4 N–H and O–H groups in total. The molecule has 2 aromatic carbocycles. The zero-order chi connectivity index (χ0) is 27.5. The average molecular weight is 537 g/mol. The van der Waals surface area contributed by atoms with Crippen LogP contribution in [-0.4, -0.2) is 53.6 Å². The first-order chi connectivity index (χ1) is 18.3. The molecule has 0 aliphatic carbocycles. The van der Waals surface area contributed by atoms with Gasteiger partial charge in [-0.3, -0.25) is 19.4 Å². The molecule has 10 heteroatoms. The summed E-state index contributed by atoms with van der Waals surface area (Å²) in [4.78, 5) is 43.2. The van der Waals surface area contributed by atoms with Gasteiger partial charge in [-0.2, -0.15) is 0 Å². The van der Waals surface area contributed by atoms with Crippen LogP contribution >= 0.6 is 12.6 Å². The molecule has 3 amide bonds. The Balaban J connectivity index is 1.56. The van der Waals surface area contributed by atoms with Crippen molar-refractivity contribution in [2.24, 2.45) is 16.6 Å². The van der Waals surface area contributed by atoms with E-state index in [1.54, 1.807) is 36.6 Å². The normalized spacial score (nSPS) is 16.1. The highest BCUT2D eigenvalue weighted by Crippen LogP contribution is 2.25. The number of hydrogen-bond donors (Lipinski definition) is 4. The van der Waals surface area contributed by atoms with E-state index in [4.69, 9.17) is 10.5 Å². The summed E-state index contributed by atoms with van der Waals surface area (Å²) in [5, 5.41) is 13.8. The number of amides is 3. The standard InChI is InChI=1S/C28H32N4O5S/c1-2-3-15-37-22-9-6-20(7-10-22)28(36)32-13-4-5-19(12-14-32)17-30-24(18-38)27(35)31-23-16-21(26(29)34)8-11-25(23)33/h2,6-11,16-19,33,38H,1,3-5,12-15H2,(H2,29,34)(H,31,35)/b24-18-,30-17?. The molecule has 9 nitrogen and oxygen atoms in total. The molecule has 0 spiro atoms. The number of thiol groups is 1. The Morgan fingerprint density at radius 2 is 1.89 bits per heavy atom. The molecular formula is C28H32N4O5S. The molecule has 38 heavy (non-hydrogen) atoms. The molecule has 0 aromatic heterocycles. The van der Waals surface area contributed by atoms with Crippen molar-refractivity contribution in [3.63, 3.8) is 0 Å². The predicted octanol–water partition coefficient (Wildman–Crippen LogP) is 4.17. The van der Waals surface area contributed by atoms with E-state index in [1.807, 2.05) is 4.90 Å². The lowest BCUT2D eigenvalue weighted by atomic mass is 10.0. The first-order valence-corrected chi connectivity index (χ1v) is 12.8. The van der Waals surface area contributed by atoms with Gasteiger partial charge in [0.1, 0.15) is 17.2 Å². The SMILES string of the molecule is C=CCCOc1ccc(C(=O)N2CCCC(C=N/C(=C\S)C(=O)Nc3cc(C(N)=O)ccc3O)CC2)cc1. The number of carbonyl (C=O) groups is 3. The van der Waals surface area contributed by atoms with Gasteiger partial charge in [0, 0.05) is 30.4 Å². The van der Waals surface area contributed by atoms with Gasteiger partial charge in [0.15, 0.2) is 0 Å². The minimum absolute atomic E-state index is 0.0322. The lowest BCUT2D eigenvalue weighted by Crippen LogP contribution is -2.32. The van der Waals surface area contributed by atoms with Gasteiger partial charge in [-0.25, -0.2) is 0 Å². The van der Waals surface area contributed by atoms with Crippen molar-refractivity contribution < 1.29 is 24.2 Å². The Hall–Kier alpha value is -4.05. The number of hydrogen-bond acceptors (Lipinski definition) is 7. The van der Waals surface area contributed by atoms with E-state index in [9.17, 15) is 19.5 Å². The first kappa shape index (κ1) is 28.5. The first-order valence-electron chi connectivity index (χ1n) is 12.3. The molecule has 1 fully saturated rings. The molecule has 1 aliphatic rings. The lowest BCUT2D eigenvalue weighted by Gasteiger charge is -2.20. The van der Waals surface area contributed by atoms with Gasteiger partial charge in [0.05, 0.1) is 12.3 Å². The predicted molar refractivity (Wildman–Crippen MR) is 151 cm³/mol. The van der Waals surface area contributed by atoms with Crippen molar-refractivity contribution in [2.45, 2.75) is 25.7 Å². The number of nitrogens with one attached hydrogen (secondary N) is 1. The number of rotatable bonds is 10. The third-order valence-corrected chi connectivity index (χ3v) is 6.31. The number of nitrogens with zero attached hydrogens (tertiary/aromatic N) is 2. The summed E-state index contributed by atoms with van der Waals surface area (Å²) in [6, 6.07) is 11.1. The van der Waals surface area contributed by atoms with Crippen LogP contribution in [0.1, 0.15) is 46.4 Å². The highest BCUT2D eigenvalue weighted by molar-refractivity contribution is 7.83. The molecule has 0 saturated carbocycles. The van der Waals surface area contributed by atoms with E-state index in [0.29, 0.717) is 37.4 Å². The van der Waals surface area contributed by atoms with Crippen LogP contribution < -0.4 is 15.8 Å². The molecular weight excluding hydrogens is 504 g/mol. The Kier molecular flexibility index (Phi) is 10.5. The number of phenolic OH excluding ortho intramolecular Hbond substituents is 1. The quantitative estimate of drug-likeness (QED) is 0.0903. The van der Waals surface area contributed by atoms with Gasteiger partial charge < -0.3 is 25.8 Å². The highest BCUT2D eigenvalue weighted by Gasteiger charge is 2.21. The second kappa shape index (κ2) is 14.0. The van der Waals surface area contributed by atoms with Gasteiger partial charge in [-0.05, 0) is 79.5 Å².